The van der Waals surface area contributed by atoms with Gasteiger partial charge in [0.2, 0.25) is 5.91 Å². The van der Waals surface area contributed by atoms with Gasteiger partial charge < -0.3 is 19.9 Å². The van der Waals surface area contributed by atoms with Crippen LogP contribution in [0.2, 0.25) is 0 Å². The Morgan fingerprint density at radius 2 is 1.68 bits per heavy atom. The number of benzene rings is 2. The minimum atomic E-state index is -1.73. The number of halogens is 3. The van der Waals surface area contributed by atoms with E-state index in [-0.39, 0.29) is 5.56 Å². The number of para-hydroxylation sites is 1. The fourth-order valence-corrected chi connectivity index (χ4v) is 3.35. The van der Waals surface area contributed by atoms with E-state index in [0.29, 0.717) is 11.8 Å². The molecule has 1 aromatic heterocycles. The Balaban J connectivity index is 1.58. The molecule has 178 valence electrons. The summed E-state index contributed by atoms with van der Waals surface area (Å²) < 4.78 is 47.0. The summed E-state index contributed by atoms with van der Waals surface area (Å²) in [6, 6.07) is 12.6. The smallest absolute Gasteiger partial charge is 0.340 e. The monoisotopic (exact) mass is 473 g/mol. The third-order valence-electron chi connectivity index (χ3n) is 5.05. The van der Waals surface area contributed by atoms with Gasteiger partial charge in [0.15, 0.2) is 23.6 Å². The van der Waals surface area contributed by atoms with Gasteiger partial charge in [-0.05, 0) is 51.1 Å². The molecule has 3 aromatic rings. The molecule has 1 heterocycles. The van der Waals surface area contributed by atoms with Gasteiger partial charge in [0.05, 0.1) is 17.8 Å². The van der Waals surface area contributed by atoms with Crippen molar-refractivity contribution in [1.29, 1.82) is 0 Å². The maximum atomic E-state index is 13.6. The molecule has 1 atom stereocenters. The fraction of sp³-hybridized carbons (Fsp3) is 0.208. The average Bonchev–Trinajstić information content (AvgIpc) is 3.12. The van der Waals surface area contributed by atoms with Crippen LogP contribution in [0, 0.1) is 31.3 Å². The molecule has 2 N–H and O–H groups in total. The van der Waals surface area contributed by atoms with E-state index < -0.39 is 53.6 Å². The Morgan fingerprint density at radius 3 is 2.35 bits per heavy atom. The molecule has 1 unspecified atom stereocenters. The number of anilines is 1. The van der Waals surface area contributed by atoms with Crippen molar-refractivity contribution < 1.29 is 32.3 Å². The number of hydrogen-bond acceptors (Lipinski definition) is 4. The number of nitrogens with zero attached hydrogens (tertiary/aromatic N) is 1. The van der Waals surface area contributed by atoms with Gasteiger partial charge in [0.1, 0.15) is 0 Å². The summed E-state index contributed by atoms with van der Waals surface area (Å²) in [4.78, 5) is 36.8. The van der Waals surface area contributed by atoms with Crippen molar-refractivity contribution in [2.75, 3.05) is 11.9 Å². The Morgan fingerprint density at radius 1 is 1.00 bits per heavy atom. The van der Waals surface area contributed by atoms with Crippen molar-refractivity contribution >= 4 is 23.5 Å². The lowest BCUT2D eigenvalue weighted by atomic mass is 10.2. The second-order valence-corrected chi connectivity index (χ2v) is 7.49. The number of aromatic nitrogens is 1. The summed E-state index contributed by atoms with van der Waals surface area (Å²) in [7, 11) is 0. The van der Waals surface area contributed by atoms with Gasteiger partial charge in [-0.25, -0.2) is 18.0 Å². The number of nitrogens with one attached hydrogen (secondary N) is 2. The highest BCUT2D eigenvalue weighted by Gasteiger charge is 2.23. The zero-order chi connectivity index (χ0) is 25.0. The Labute approximate surface area is 193 Å². The van der Waals surface area contributed by atoms with Gasteiger partial charge in [-0.2, -0.15) is 0 Å². The van der Waals surface area contributed by atoms with Crippen LogP contribution in [-0.2, 0) is 14.3 Å². The van der Waals surface area contributed by atoms with Crippen molar-refractivity contribution in [3.05, 3.63) is 82.9 Å². The van der Waals surface area contributed by atoms with E-state index in [2.05, 4.69) is 5.32 Å². The predicted molar refractivity (Wildman–Crippen MR) is 118 cm³/mol. The SMILES string of the molecule is Cc1cc(C(=O)OC(C)C(=O)NCC(=O)Nc2ccc(F)c(F)c2F)c(C)n1-c1ccccc1. The first kappa shape index (κ1) is 24.6. The predicted octanol–water partition coefficient (Wildman–Crippen LogP) is 3.81. The molecular weight excluding hydrogens is 451 g/mol. The van der Waals surface area contributed by atoms with Gasteiger partial charge in [0, 0.05) is 17.1 Å². The zero-order valence-electron chi connectivity index (χ0n) is 18.6. The van der Waals surface area contributed by atoms with Gasteiger partial charge in [-0.1, -0.05) is 18.2 Å². The lowest BCUT2D eigenvalue weighted by Crippen LogP contribution is -2.40. The number of rotatable bonds is 7. The van der Waals surface area contributed by atoms with Crippen LogP contribution in [-0.4, -0.2) is 35.0 Å². The molecule has 0 bridgehead atoms. The average molecular weight is 473 g/mol. The number of aryl methyl sites for hydroxylation is 1. The minimum Gasteiger partial charge on any atom is -0.449 e. The van der Waals surface area contributed by atoms with Gasteiger partial charge in [-0.15, -0.1) is 0 Å². The second-order valence-electron chi connectivity index (χ2n) is 7.49. The molecule has 0 fully saturated rings. The molecular formula is C24H22F3N3O4. The molecule has 2 aromatic carbocycles. The summed E-state index contributed by atoms with van der Waals surface area (Å²) in [5, 5.41) is 4.26. The van der Waals surface area contributed by atoms with E-state index in [1.54, 1.807) is 13.0 Å². The highest BCUT2D eigenvalue weighted by atomic mass is 19.2. The summed E-state index contributed by atoms with van der Waals surface area (Å²) in [5.41, 5.74) is 2.01. The minimum absolute atomic E-state index is 0.285. The number of hydrogen-bond donors (Lipinski definition) is 2. The molecule has 0 saturated carbocycles. The van der Waals surface area contributed by atoms with Crippen molar-refractivity contribution in [3.63, 3.8) is 0 Å². The van der Waals surface area contributed by atoms with Gasteiger partial charge in [0.25, 0.3) is 5.91 Å². The zero-order valence-corrected chi connectivity index (χ0v) is 18.6. The molecule has 3 rings (SSSR count). The van der Waals surface area contributed by atoms with E-state index in [0.717, 1.165) is 17.4 Å². The number of esters is 1. The van der Waals surface area contributed by atoms with Gasteiger partial charge in [-0.3, -0.25) is 9.59 Å². The topological polar surface area (TPSA) is 89.4 Å². The maximum Gasteiger partial charge on any atom is 0.340 e. The third kappa shape index (κ3) is 5.28. The van der Waals surface area contributed by atoms with Crippen molar-refractivity contribution in [2.24, 2.45) is 0 Å². The van der Waals surface area contributed by atoms with Crippen LogP contribution in [0.3, 0.4) is 0 Å². The van der Waals surface area contributed by atoms with E-state index >= 15 is 0 Å². The summed E-state index contributed by atoms with van der Waals surface area (Å²) in [6.45, 7) is 4.31. The van der Waals surface area contributed by atoms with Crippen LogP contribution in [0.25, 0.3) is 5.69 Å². The van der Waals surface area contributed by atoms with Crippen LogP contribution >= 0.6 is 0 Å². The molecule has 0 radical (unpaired) electrons. The van der Waals surface area contributed by atoms with E-state index in [4.69, 9.17) is 4.74 Å². The van der Waals surface area contributed by atoms with Crippen LogP contribution in [0.4, 0.5) is 18.9 Å². The Hall–Kier alpha value is -4.08. The number of ether oxygens (including phenoxy) is 1. The summed E-state index contributed by atoms with van der Waals surface area (Å²) >= 11 is 0. The normalized spacial score (nSPS) is 11.6. The van der Waals surface area contributed by atoms with E-state index in [9.17, 15) is 27.6 Å². The molecule has 0 spiro atoms. The lowest BCUT2D eigenvalue weighted by Gasteiger charge is -2.14. The van der Waals surface area contributed by atoms with E-state index in [1.165, 1.54) is 6.92 Å². The number of amides is 2. The van der Waals surface area contributed by atoms with Crippen molar-refractivity contribution in [1.82, 2.24) is 9.88 Å². The lowest BCUT2D eigenvalue weighted by molar-refractivity contribution is -0.130. The first-order valence-electron chi connectivity index (χ1n) is 10.3. The molecule has 34 heavy (non-hydrogen) atoms. The third-order valence-corrected chi connectivity index (χ3v) is 5.05. The summed E-state index contributed by atoms with van der Waals surface area (Å²) in [6.07, 6.45) is -1.24. The highest BCUT2D eigenvalue weighted by molar-refractivity contribution is 5.96. The first-order chi connectivity index (χ1) is 16.1. The van der Waals surface area contributed by atoms with Crippen LogP contribution in [0.15, 0.2) is 48.5 Å². The first-order valence-corrected chi connectivity index (χ1v) is 10.3. The second kappa shape index (κ2) is 10.2. The molecule has 0 aliphatic rings. The standard InChI is InChI=1S/C24H22F3N3O4/c1-13-11-17(14(2)30(13)16-7-5-4-6-8-16)24(33)34-15(3)23(32)28-12-20(31)29-19-10-9-18(25)21(26)22(19)27/h4-11,15H,12H2,1-3H3,(H,28,32)(H,29,31). The maximum absolute atomic E-state index is 13.6. The quantitative estimate of drug-likeness (QED) is 0.404. The van der Waals surface area contributed by atoms with Crippen LogP contribution in [0.1, 0.15) is 28.7 Å². The summed E-state index contributed by atoms with van der Waals surface area (Å²) in [5.74, 6) is -7.06. The van der Waals surface area contributed by atoms with Crippen LogP contribution in [0.5, 0.6) is 0 Å². The Bertz CT molecular complexity index is 1240. The molecule has 0 aliphatic heterocycles. The highest BCUT2D eigenvalue weighted by Crippen LogP contribution is 2.22. The number of carbonyl (C=O) groups is 3. The molecule has 2 amide bonds. The molecule has 0 aliphatic carbocycles. The molecule has 10 heteroatoms. The van der Waals surface area contributed by atoms with Crippen molar-refractivity contribution in [2.45, 2.75) is 26.9 Å². The molecule has 7 nitrogen and oxygen atoms in total. The van der Waals surface area contributed by atoms with E-state index in [1.807, 2.05) is 47.1 Å². The Kier molecular flexibility index (Phi) is 7.40. The van der Waals surface area contributed by atoms with Crippen molar-refractivity contribution in [3.8, 4) is 5.69 Å². The largest absolute Gasteiger partial charge is 0.449 e. The van der Waals surface area contributed by atoms with Crippen LogP contribution < -0.4 is 10.6 Å². The number of carbonyl (C=O) groups excluding carboxylic acids is 3. The van der Waals surface area contributed by atoms with Gasteiger partial charge >= 0.3 is 5.97 Å². The molecule has 0 saturated heterocycles. The fourth-order valence-electron chi connectivity index (χ4n) is 3.35.